The normalized spacial score (nSPS) is 12.2. The number of nitrogens with zero attached hydrogens (tertiary/aromatic N) is 2. The highest BCUT2D eigenvalue weighted by molar-refractivity contribution is 5.91. The summed E-state index contributed by atoms with van der Waals surface area (Å²) in [6, 6.07) is 9.30. The summed E-state index contributed by atoms with van der Waals surface area (Å²) in [5.74, 6) is 0.582. The molecule has 0 unspecified atom stereocenters. The van der Waals surface area contributed by atoms with E-state index in [1.54, 1.807) is 12.1 Å². The first-order valence-electron chi connectivity index (χ1n) is 8.21. The fraction of sp³-hybridized carbons (Fsp3) is 0.421. The first-order chi connectivity index (χ1) is 11.3. The molecule has 0 aliphatic carbocycles. The van der Waals surface area contributed by atoms with Gasteiger partial charge in [-0.1, -0.05) is 13.8 Å². The number of furan rings is 1. The molecule has 5 heteroatoms. The molecule has 1 atom stereocenters. The van der Waals surface area contributed by atoms with E-state index in [0.29, 0.717) is 23.9 Å². The van der Waals surface area contributed by atoms with Crippen molar-refractivity contribution in [3.8, 4) is 0 Å². The maximum atomic E-state index is 12.9. The Bertz CT molecular complexity index is 678. The molecule has 0 aliphatic rings. The van der Waals surface area contributed by atoms with Gasteiger partial charge in [-0.3, -0.25) is 4.79 Å². The topological polar surface area (TPSA) is 62.7 Å². The van der Waals surface area contributed by atoms with Crippen molar-refractivity contribution in [3.63, 3.8) is 0 Å². The van der Waals surface area contributed by atoms with Crippen LogP contribution in [-0.2, 0) is 6.54 Å². The summed E-state index contributed by atoms with van der Waals surface area (Å²) in [5.41, 5.74) is 8.74. The molecule has 0 saturated carbocycles. The second-order valence-electron chi connectivity index (χ2n) is 6.68. The van der Waals surface area contributed by atoms with Gasteiger partial charge >= 0.3 is 0 Å². The molecule has 1 heterocycles. The average molecular weight is 329 g/mol. The lowest BCUT2D eigenvalue weighted by molar-refractivity contribution is 0.0595. The van der Waals surface area contributed by atoms with E-state index in [2.05, 4.69) is 20.8 Å². The summed E-state index contributed by atoms with van der Waals surface area (Å²) < 4.78 is 5.32. The van der Waals surface area contributed by atoms with Crippen LogP contribution >= 0.6 is 0 Å². The van der Waals surface area contributed by atoms with Gasteiger partial charge in [-0.2, -0.15) is 0 Å². The maximum Gasteiger partial charge on any atom is 0.290 e. The minimum absolute atomic E-state index is 0.0686. The number of rotatable bonds is 6. The third-order valence-electron chi connectivity index (χ3n) is 4.38. The number of carbonyl (C=O) groups excluding carboxylic acids is 1. The lowest BCUT2D eigenvalue weighted by Crippen LogP contribution is -2.41. The van der Waals surface area contributed by atoms with Crippen LogP contribution in [0, 0.1) is 5.92 Å². The van der Waals surface area contributed by atoms with Gasteiger partial charge in [-0.05, 0) is 48.7 Å². The van der Waals surface area contributed by atoms with Gasteiger partial charge in [0.05, 0.1) is 6.26 Å². The predicted octanol–water partition coefficient (Wildman–Crippen LogP) is 3.61. The Balaban J connectivity index is 2.39. The molecular formula is C19H27N3O2. The van der Waals surface area contributed by atoms with Crippen LogP contribution in [0.3, 0.4) is 0 Å². The highest BCUT2D eigenvalue weighted by atomic mass is 16.3. The van der Waals surface area contributed by atoms with Gasteiger partial charge in [0.15, 0.2) is 5.76 Å². The average Bonchev–Trinajstić information content (AvgIpc) is 3.05. The summed E-state index contributed by atoms with van der Waals surface area (Å²) in [4.78, 5) is 16.8. The Morgan fingerprint density at radius 1 is 1.21 bits per heavy atom. The van der Waals surface area contributed by atoms with Crippen molar-refractivity contribution < 1.29 is 9.21 Å². The minimum atomic E-state index is -0.103. The first-order valence-corrected chi connectivity index (χ1v) is 8.21. The Morgan fingerprint density at radius 3 is 2.46 bits per heavy atom. The van der Waals surface area contributed by atoms with E-state index < -0.39 is 0 Å². The molecule has 1 amide bonds. The number of nitrogen functional groups attached to an aromatic ring is 1. The number of carbonyl (C=O) groups is 1. The molecule has 2 N–H and O–H groups in total. The molecule has 0 bridgehead atoms. The standard InChI is InChI=1S/C19H27N3O2/c1-13(2)14(3)22(19(23)18-7-6-10-24-18)12-15-11-16(20)8-9-17(15)21(4)5/h6-11,13-14H,12,20H2,1-5H3/t14-/m0/s1. The van der Waals surface area contributed by atoms with E-state index in [-0.39, 0.29) is 11.9 Å². The molecule has 0 saturated heterocycles. The highest BCUT2D eigenvalue weighted by Gasteiger charge is 2.26. The third kappa shape index (κ3) is 3.91. The monoisotopic (exact) mass is 329 g/mol. The molecular weight excluding hydrogens is 302 g/mol. The van der Waals surface area contributed by atoms with E-state index in [1.165, 1.54) is 6.26 Å². The van der Waals surface area contributed by atoms with Gasteiger partial charge in [0.2, 0.25) is 0 Å². The Morgan fingerprint density at radius 2 is 1.92 bits per heavy atom. The number of amides is 1. The van der Waals surface area contributed by atoms with Crippen LogP contribution in [-0.4, -0.2) is 30.9 Å². The summed E-state index contributed by atoms with van der Waals surface area (Å²) in [7, 11) is 3.97. The number of hydrogen-bond acceptors (Lipinski definition) is 4. The number of anilines is 2. The van der Waals surface area contributed by atoms with E-state index in [9.17, 15) is 4.79 Å². The molecule has 1 aromatic heterocycles. The maximum absolute atomic E-state index is 12.9. The summed E-state index contributed by atoms with van der Waals surface area (Å²) in [5, 5.41) is 0. The molecule has 0 radical (unpaired) electrons. The van der Waals surface area contributed by atoms with Crippen LogP contribution < -0.4 is 10.6 Å². The molecule has 24 heavy (non-hydrogen) atoms. The Hall–Kier alpha value is -2.43. The Kier molecular flexibility index (Phi) is 5.54. The van der Waals surface area contributed by atoms with Gasteiger partial charge in [0.1, 0.15) is 0 Å². The van der Waals surface area contributed by atoms with E-state index in [4.69, 9.17) is 10.2 Å². The molecule has 2 aromatic rings. The molecule has 1 aromatic carbocycles. The fourth-order valence-electron chi connectivity index (χ4n) is 2.65. The number of benzene rings is 1. The molecule has 0 spiro atoms. The van der Waals surface area contributed by atoms with Crippen molar-refractivity contribution in [2.75, 3.05) is 24.7 Å². The zero-order valence-corrected chi connectivity index (χ0v) is 15.1. The quantitative estimate of drug-likeness (QED) is 0.822. The first kappa shape index (κ1) is 17.9. The molecule has 0 aliphatic heterocycles. The van der Waals surface area contributed by atoms with Crippen LogP contribution in [0.15, 0.2) is 41.0 Å². The highest BCUT2D eigenvalue weighted by Crippen LogP contribution is 2.26. The lowest BCUT2D eigenvalue weighted by Gasteiger charge is -2.32. The smallest absolute Gasteiger partial charge is 0.290 e. The Labute approximate surface area is 144 Å². The SMILES string of the molecule is CC(C)[C@H](C)N(Cc1cc(N)ccc1N(C)C)C(=O)c1ccco1. The molecule has 2 rings (SSSR count). The minimum Gasteiger partial charge on any atom is -0.459 e. The van der Waals surface area contributed by atoms with Crippen LogP contribution in [0.2, 0.25) is 0 Å². The van der Waals surface area contributed by atoms with Crippen molar-refractivity contribution in [2.24, 2.45) is 5.92 Å². The molecule has 5 nitrogen and oxygen atoms in total. The van der Waals surface area contributed by atoms with Crippen molar-refractivity contribution in [1.82, 2.24) is 4.90 Å². The van der Waals surface area contributed by atoms with E-state index in [1.807, 2.05) is 42.1 Å². The predicted molar refractivity (Wildman–Crippen MR) is 98.1 cm³/mol. The third-order valence-corrected chi connectivity index (χ3v) is 4.38. The van der Waals surface area contributed by atoms with Crippen LogP contribution in [0.1, 0.15) is 36.9 Å². The number of nitrogens with two attached hydrogens (primary N) is 1. The number of hydrogen-bond donors (Lipinski definition) is 1. The van der Waals surface area contributed by atoms with Crippen molar-refractivity contribution in [2.45, 2.75) is 33.4 Å². The van der Waals surface area contributed by atoms with Crippen LogP contribution in [0.25, 0.3) is 0 Å². The van der Waals surface area contributed by atoms with Gasteiger partial charge in [-0.15, -0.1) is 0 Å². The van der Waals surface area contributed by atoms with E-state index in [0.717, 1.165) is 11.3 Å². The summed E-state index contributed by atoms with van der Waals surface area (Å²) >= 11 is 0. The lowest BCUT2D eigenvalue weighted by atomic mass is 10.0. The second kappa shape index (κ2) is 7.43. The van der Waals surface area contributed by atoms with E-state index >= 15 is 0 Å². The largest absolute Gasteiger partial charge is 0.459 e. The van der Waals surface area contributed by atoms with Gasteiger partial charge in [-0.25, -0.2) is 0 Å². The summed E-state index contributed by atoms with van der Waals surface area (Å²) in [6.07, 6.45) is 1.53. The van der Waals surface area contributed by atoms with Crippen molar-refractivity contribution in [1.29, 1.82) is 0 Å². The van der Waals surface area contributed by atoms with Gasteiger partial charge < -0.3 is 20.0 Å². The van der Waals surface area contributed by atoms with Gasteiger partial charge in [0, 0.05) is 38.1 Å². The molecule has 130 valence electrons. The summed E-state index contributed by atoms with van der Waals surface area (Å²) in [6.45, 7) is 6.77. The van der Waals surface area contributed by atoms with Crippen molar-refractivity contribution in [3.05, 3.63) is 47.9 Å². The fourth-order valence-corrected chi connectivity index (χ4v) is 2.65. The molecule has 0 fully saturated rings. The van der Waals surface area contributed by atoms with Crippen LogP contribution in [0.4, 0.5) is 11.4 Å². The zero-order valence-electron chi connectivity index (χ0n) is 15.1. The van der Waals surface area contributed by atoms with Crippen molar-refractivity contribution >= 4 is 17.3 Å². The second-order valence-corrected chi connectivity index (χ2v) is 6.68. The van der Waals surface area contributed by atoms with Gasteiger partial charge in [0.25, 0.3) is 5.91 Å². The zero-order chi connectivity index (χ0) is 17.9. The van der Waals surface area contributed by atoms with Crippen LogP contribution in [0.5, 0.6) is 0 Å².